The van der Waals surface area contributed by atoms with Crippen LogP contribution in [0, 0.1) is 5.92 Å². The van der Waals surface area contributed by atoms with E-state index in [2.05, 4.69) is 6.92 Å². The summed E-state index contributed by atoms with van der Waals surface area (Å²) in [4.78, 5) is 0. The van der Waals surface area contributed by atoms with Gasteiger partial charge in [0.1, 0.15) is 0 Å². The normalized spacial score (nSPS) is 37.5. The van der Waals surface area contributed by atoms with Crippen LogP contribution in [0.3, 0.4) is 0 Å². The first-order valence-electron chi connectivity index (χ1n) is 4.47. The van der Waals surface area contributed by atoms with Gasteiger partial charge in [0, 0.05) is 6.61 Å². The summed E-state index contributed by atoms with van der Waals surface area (Å²) in [5, 5.41) is 0. The summed E-state index contributed by atoms with van der Waals surface area (Å²) in [5.74, 6) is 0.829. The molecule has 2 fully saturated rings. The van der Waals surface area contributed by atoms with Gasteiger partial charge in [-0.2, -0.15) is 0 Å². The Balaban J connectivity index is 2.11. The third-order valence-electron chi connectivity index (χ3n) is 3.29. The molecule has 0 N–H and O–H groups in total. The van der Waals surface area contributed by atoms with Crippen LogP contribution >= 0.6 is 0 Å². The minimum Gasteiger partial charge on any atom is -0.375 e. The second-order valence-corrected chi connectivity index (χ2v) is 3.81. The molecule has 1 saturated carbocycles. The largest absolute Gasteiger partial charge is 0.375 e. The molecule has 2 aliphatic rings. The molecule has 0 aromatic rings. The van der Waals surface area contributed by atoms with Crippen LogP contribution in [-0.2, 0) is 4.74 Å². The Morgan fingerprint density at radius 1 is 1.30 bits per heavy atom. The van der Waals surface area contributed by atoms with Gasteiger partial charge in [0.2, 0.25) is 0 Å². The van der Waals surface area contributed by atoms with Gasteiger partial charge in [-0.25, -0.2) is 0 Å². The predicted molar refractivity (Wildman–Crippen MR) is 40.9 cm³/mol. The maximum Gasteiger partial charge on any atom is 0.0708 e. The van der Waals surface area contributed by atoms with Crippen LogP contribution in [-0.4, -0.2) is 12.2 Å². The van der Waals surface area contributed by atoms with Gasteiger partial charge in [0.05, 0.1) is 5.60 Å². The standard InChI is InChI=1S/C9H16O/c1-8-4-7-10-9(8)5-2-3-6-9/h8H,2-7H2,1H3. The lowest BCUT2D eigenvalue weighted by atomic mass is 9.88. The molecule has 10 heavy (non-hydrogen) atoms. The van der Waals surface area contributed by atoms with E-state index in [1.165, 1.54) is 32.1 Å². The van der Waals surface area contributed by atoms with E-state index in [-0.39, 0.29) is 0 Å². The van der Waals surface area contributed by atoms with Crippen LogP contribution < -0.4 is 0 Å². The minimum absolute atomic E-state index is 0.347. The molecule has 0 bridgehead atoms. The lowest BCUT2D eigenvalue weighted by Crippen LogP contribution is -2.29. The fourth-order valence-electron chi connectivity index (χ4n) is 2.45. The second kappa shape index (κ2) is 2.23. The fraction of sp³-hybridized carbons (Fsp3) is 1.00. The molecule has 1 heteroatoms. The highest BCUT2D eigenvalue weighted by Gasteiger charge is 2.43. The van der Waals surface area contributed by atoms with E-state index >= 15 is 0 Å². The summed E-state index contributed by atoms with van der Waals surface area (Å²) in [6.07, 6.45) is 6.73. The zero-order chi connectivity index (χ0) is 7.03. The lowest BCUT2D eigenvalue weighted by Gasteiger charge is -2.26. The smallest absolute Gasteiger partial charge is 0.0708 e. The van der Waals surface area contributed by atoms with Gasteiger partial charge in [0.15, 0.2) is 0 Å². The molecule has 1 atom stereocenters. The summed E-state index contributed by atoms with van der Waals surface area (Å²) in [5.41, 5.74) is 0.347. The number of hydrogen-bond acceptors (Lipinski definition) is 1. The summed E-state index contributed by atoms with van der Waals surface area (Å²) in [7, 11) is 0. The molecule has 1 unspecified atom stereocenters. The van der Waals surface area contributed by atoms with Crippen molar-refractivity contribution in [2.24, 2.45) is 5.92 Å². The second-order valence-electron chi connectivity index (χ2n) is 3.81. The van der Waals surface area contributed by atoms with E-state index in [0.29, 0.717) is 5.60 Å². The van der Waals surface area contributed by atoms with Crippen molar-refractivity contribution in [3.63, 3.8) is 0 Å². The molecule has 1 aliphatic heterocycles. The highest BCUT2D eigenvalue weighted by Crippen LogP contribution is 2.44. The van der Waals surface area contributed by atoms with Crippen LogP contribution in [0.25, 0.3) is 0 Å². The maximum absolute atomic E-state index is 5.81. The average molecular weight is 140 g/mol. The van der Waals surface area contributed by atoms with Gasteiger partial charge in [-0.3, -0.25) is 0 Å². The first-order valence-corrected chi connectivity index (χ1v) is 4.47. The molecule has 0 aromatic carbocycles. The first kappa shape index (κ1) is 6.66. The summed E-state index contributed by atoms with van der Waals surface area (Å²) >= 11 is 0. The number of rotatable bonds is 0. The fourth-order valence-corrected chi connectivity index (χ4v) is 2.45. The Bertz CT molecular complexity index is 119. The van der Waals surface area contributed by atoms with Crippen molar-refractivity contribution >= 4 is 0 Å². The Hall–Kier alpha value is -0.0400. The van der Waals surface area contributed by atoms with E-state index in [1.807, 2.05) is 0 Å². The minimum atomic E-state index is 0.347. The van der Waals surface area contributed by atoms with Gasteiger partial charge in [-0.05, 0) is 25.2 Å². The van der Waals surface area contributed by atoms with Crippen LogP contribution in [0.4, 0.5) is 0 Å². The topological polar surface area (TPSA) is 9.23 Å². The molecule has 58 valence electrons. The third-order valence-corrected chi connectivity index (χ3v) is 3.29. The zero-order valence-electron chi connectivity index (χ0n) is 6.73. The van der Waals surface area contributed by atoms with Crippen molar-refractivity contribution in [2.75, 3.05) is 6.61 Å². The summed E-state index contributed by atoms with van der Waals surface area (Å²) < 4.78 is 5.81. The molecule has 0 aromatic heterocycles. The summed E-state index contributed by atoms with van der Waals surface area (Å²) in [6, 6.07) is 0. The Kier molecular flexibility index (Phi) is 1.48. The molecule has 1 nitrogen and oxygen atoms in total. The average Bonchev–Trinajstić information content (AvgIpc) is 2.48. The number of hydrogen-bond donors (Lipinski definition) is 0. The zero-order valence-corrected chi connectivity index (χ0v) is 6.73. The van der Waals surface area contributed by atoms with E-state index < -0.39 is 0 Å². The maximum atomic E-state index is 5.81. The van der Waals surface area contributed by atoms with Crippen LogP contribution in [0.1, 0.15) is 39.0 Å². The van der Waals surface area contributed by atoms with Crippen LogP contribution in [0.2, 0.25) is 0 Å². The van der Waals surface area contributed by atoms with Crippen molar-refractivity contribution in [3.05, 3.63) is 0 Å². The molecular weight excluding hydrogens is 124 g/mol. The van der Waals surface area contributed by atoms with Gasteiger partial charge >= 0.3 is 0 Å². The van der Waals surface area contributed by atoms with Crippen molar-refractivity contribution in [1.82, 2.24) is 0 Å². The molecule has 1 saturated heterocycles. The Morgan fingerprint density at radius 2 is 2.00 bits per heavy atom. The van der Waals surface area contributed by atoms with Gasteiger partial charge < -0.3 is 4.74 Å². The Morgan fingerprint density at radius 3 is 2.50 bits per heavy atom. The molecule has 1 aliphatic carbocycles. The van der Waals surface area contributed by atoms with E-state index in [9.17, 15) is 0 Å². The lowest BCUT2D eigenvalue weighted by molar-refractivity contribution is -0.0115. The molecular formula is C9H16O. The molecule has 0 radical (unpaired) electrons. The van der Waals surface area contributed by atoms with E-state index in [0.717, 1.165) is 12.5 Å². The van der Waals surface area contributed by atoms with E-state index in [1.54, 1.807) is 0 Å². The van der Waals surface area contributed by atoms with Crippen LogP contribution in [0.15, 0.2) is 0 Å². The van der Waals surface area contributed by atoms with Gasteiger partial charge in [-0.1, -0.05) is 19.8 Å². The summed E-state index contributed by atoms with van der Waals surface area (Å²) in [6.45, 7) is 3.36. The third kappa shape index (κ3) is 0.800. The van der Waals surface area contributed by atoms with Crippen molar-refractivity contribution in [1.29, 1.82) is 0 Å². The highest BCUT2D eigenvalue weighted by atomic mass is 16.5. The van der Waals surface area contributed by atoms with Gasteiger partial charge in [0.25, 0.3) is 0 Å². The predicted octanol–water partition coefficient (Wildman–Crippen LogP) is 2.36. The monoisotopic (exact) mass is 140 g/mol. The van der Waals surface area contributed by atoms with Crippen molar-refractivity contribution < 1.29 is 4.74 Å². The van der Waals surface area contributed by atoms with Crippen molar-refractivity contribution in [2.45, 2.75) is 44.6 Å². The van der Waals surface area contributed by atoms with E-state index in [4.69, 9.17) is 4.74 Å². The molecule has 1 spiro atoms. The van der Waals surface area contributed by atoms with Gasteiger partial charge in [-0.15, -0.1) is 0 Å². The number of ether oxygens (including phenoxy) is 1. The Labute approximate surface area is 62.8 Å². The van der Waals surface area contributed by atoms with Crippen LogP contribution in [0.5, 0.6) is 0 Å². The van der Waals surface area contributed by atoms with Crippen molar-refractivity contribution in [3.8, 4) is 0 Å². The molecule has 1 heterocycles. The highest BCUT2D eigenvalue weighted by molar-refractivity contribution is 4.94. The first-order chi connectivity index (χ1) is 4.83. The molecule has 0 amide bonds. The quantitative estimate of drug-likeness (QED) is 0.502. The SMILES string of the molecule is CC1CCOC12CCCC2. The molecule has 2 rings (SSSR count).